The Kier molecular flexibility index (Phi) is 2.77. The Balaban J connectivity index is 2.00. The fraction of sp³-hybridized carbons (Fsp3) is 0.923. The maximum atomic E-state index is 11.3. The first kappa shape index (κ1) is 11.9. The van der Waals surface area contributed by atoms with Crippen LogP contribution in [-0.2, 0) is 4.79 Å². The van der Waals surface area contributed by atoms with E-state index in [-0.39, 0.29) is 11.5 Å². The van der Waals surface area contributed by atoms with Gasteiger partial charge in [-0.05, 0) is 23.7 Å². The predicted octanol–water partition coefficient (Wildman–Crippen LogP) is 2.36. The molecular weight excluding hydrogens is 202 g/mol. The third-order valence-electron chi connectivity index (χ3n) is 4.16. The van der Waals surface area contributed by atoms with Gasteiger partial charge in [-0.15, -0.1) is 0 Å². The molecule has 0 radical (unpaired) electrons. The smallest absolute Gasteiger partial charge is 0.321 e. The van der Waals surface area contributed by atoms with E-state index in [1.807, 2.05) is 20.8 Å². The van der Waals surface area contributed by atoms with Crippen LogP contribution in [0.3, 0.4) is 0 Å². The van der Waals surface area contributed by atoms with Crippen LogP contribution in [0.4, 0.5) is 0 Å². The zero-order valence-corrected chi connectivity index (χ0v) is 10.6. The molecule has 16 heavy (non-hydrogen) atoms. The van der Waals surface area contributed by atoms with E-state index in [1.54, 1.807) is 0 Å². The third kappa shape index (κ3) is 1.97. The standard InChI is InChI=1S/C13H23NO2/c1-12(2,3)10(11(15)16)14-8-13(9-14)6-4-5-7-13/h10H,4-9H2,1-3H3,(H,15,16). The van der Waals surface area contributed by atoms with Crippen LogP contribution in [0.15, 0.2) is 0 Å². The van der Waals surface area contributed by atoms with Crippen molar-refractivity contribution in [3.05, 3.63) is 0 Å². The quantitative estimate of drug-likeness (QED) is 0.784. The van der Waals surface area contributed by atoms with Crippen LogP contribution in [0.5, 0.6) is 0 Å². The van der Waals surface area contributed by atoms with E-state index in [9.17, 15) is 9.90 Å². The number of rotatable bonds is 2. The molecule has 1 unspecified atom stereocenters. The lowest BCUT2D eigenvalue weighted by molar-refractivity contribution is -0.156. The highest BCUT2D eigenvalue weighted by Gasteiger charge is 2.50. The van der Waals surface area contributed by atoms with Crippen molar-refractivity contribution in [1.82, 2.24) is 4.90 Å². The summed E-state index contributed by atoms with van der Waals surface area (Å²) in [5.74, 6) is -0.666. The minimum absolute atomic E-state index is 0.175. The van der Waals surface area contributed by atoms with E-state index in [0.717, 1.165) is 13.1 Å². The van der Waals surface area contributed by atoms with E-state index < -0.39 is 5.97 Å². The van der Waals surface area contributed by atoms with Gasteiger partial charge in [0.05, 0.1) is 0 Å². The monoisotopic (exact) mass is 225 g/mol. The first-order valence-electron chi connectivity index (χ1n) is 6.31. The second-order valence-corrected chi connectivity index (χ2v) is 6.72. The predicted molar refractivity (Wildman–Crippen MR) is 63.4 cm³/mol. The molecule has 1 atom stereocenters. The van der Waals surface area contributed by atoms with Gasteiger partial charge in [0.25, 0.3) is 0 Å². The van der Waals surface area contributed by atoms with Crippen molar-refractivity contribution in [2.24, 2.45) is 10.8 Å². The molecule has 2 fully saturated rings. The molecule has 1 spiro atoms. The summed E-state index contributed by atoms with van der Waals surface area (Å²) in [7, 11) is 0. The maximum absolute atomic E-state index is 11.3. The van der Waals surface area contributed by atoms with Gasteiger partial charge in [0.1, 0.15) is 6.04 Å². The van der Waals surface area contributed by atoms with Crippen molar-refractivity contribution in [2.75, 3.05) is 13.1 Å². The summed E-state index contributed by atoms with van der Waals surface area (Å²) < 4.78 is 0. The minimum Gasteiger partial charge on any atom is -0.480 e. The van der Waals surface area contributed by atoms with Crippen LogP contribution in [-0.4, -0.2) is 35.1 Å². The van der Waals surface area contributed by atoms with Crippen molar-refractivity contribution in [3.63, 3.8) is 0 Å². The molecule has 1 aliphatic carbocycles. The van der Waals surface area contributed by atoms with E-state index in [2.05, 4.69) is 4.90 Å². The number of nitrogens with zero attached hydrogens (tertiary/aromatic N) is 1. The van der Waals surface area contributed by atoms with Crippen LogP contribution in [0.25, 0.3) is 0 Å². The first-order chi connectivity index (χ1) is 7.34. The normalized spacial score (nSPS) is 26.7. The Bertz CT molecular complexity index is 279. The number of hydrogen-bond acceptors (Lipinski definition) is 2. The second-order valence-electron chi connectivity index (χ2n) is 6.72. The van der Waals surface area contributed by atoms with Gasteiger partial charge in [-0.3, -0.25) is 9.69 Å². The van der Waals surface area contributed by atoms with Gasteiger partial charge in [-0.25, -0.2) is 0 Å². The van der Waals surface area contributed by atoms with Crippen molar-refractivity contribution in [3.8, 4) is 0 Å². The van der Waals surface area contributed by atoms with E-state index in [4.69, 9.17) is 0 Å². The maximum Gasteiger partial charge on any atom is 0.321 e. The fourth-order valence-electron chi connectivity index (χ4n) is 3.51. The van der Waals surface area contributed by atoms with Gasteiger partial charge in [-0.1, -0.05) is 33.6 Å². The van der Waals surface area contributed by atoms with Crippen LogP contribution in [0.2, 0.25) is 0 Å². The van der Waals surface area contributed by atoms with Crippen LogP contribution >= 0.6 is 0 Å². The number of carbonyl (C=O) groups is 1. The summed E-state index contributed by atoms with van der Waals surface area (Å²) in [6, 6.07) is -0.321. The van der Waals surface area contributed by atoms with Crippen LogP contribution in [0, 0.1) is 10.8 Å². The molecule has 0 amide bonds. The molecule has 0 aromatic carbocycles. The zero-order valence-electron chi connectivity index (χ0n) is 10.6. The molecule has 1 saturated carbocycles. The molecule has 0 aromatic heterocycles. The molecule has 1 heterocycles. The average Bonchev–Trinajstić information content (AvgIpc) is 2.48. The van der Waals surface area contributed by atoms with Gasteiger partial charge in [-0.2, -0.15) is 0 Å². The van der Waals surface area contributed by atoms with Gasteiger partial charge in [0.15, 0.2) is 0 Å². The third-order valence-corrected chi connectivity index (χ3v) is 4.16. The van der Waals surface area contributed by atoms with E-state index in [0.29, 0.717) is 5.41 Å². The fourth-order valence-corrected chi connectivity index (χ4v) is 3.51. The van der Waals surface area contributed by atoms with Crippen molar-refractivity contribution < 1.29 is 9.90 Å². The lowest BCUT2D eigenvalue weighted by atomic mass is 9.74. The second kappa shape index (κ2) is 3.73. The summed E-state index contributed by atoms with van der Waals surface area (Å²) in [5.41, 5.74) is 0.311. The molecule has 2 aliphatic rings. The number of aliphatic carboxylic acids is 1. The SMILES string of the molecule is CC(C)(C)C(C(=O)O)N1CC2(CCCC2)C1. The zero-order chi connectivity index (χ0) is 12.0. The van der Waals surface area contributed by atoms with Crippen molar-refractivity contribution in [1.29, 1.82) is 0 Å². The molecule has 2 rings (SSSR count). The highest BCUT2D eigenvalue weighted by molar-refractivity contribution is 5.74. The highest BCUT2D eigenvalue weighted by Crippen LogP contribution is 2.47. The van der Waals surface area contributed by atoms with Crippen molar-refractivity contribution in [2.45, 2.75) is 52.5 Å². The van der Waals surface area contributed by atoms with Gasteiger partial charge >= 0.3 is 5.97 Å². The van der Waals surface area contributed by atoms with E-state index >= 15 is 0 Å². The Morgan fingerprint density at radius 2 is 1.75 bits per heavy atom. The molecule has 0 aromatic rings. The Morgan fingerprint density at radius 1 is 1.25 bits per heavy atom. The van der Waals surface area contributed by atoms with Crippen LogP contribution < -0.4 is 0 Å². The molecular formula is C13H23NO2. The summed E-state index contributed by atoms with van der Waals surface area (Å²) in [6.07, 6.45) is 5.28. The largest absolute Gasteiger partial charge is 0.480 e. The molecule has 1 aliphatic heterocycles. The average molecular weight is 225 g/mol. The highest BCUT2D eigenvalue weighted by atomic mass is 16.4. The summed E-state index contributed by atoms with van der Waals surface area (Å²) in [5, 5.41) is 9.33. The lowest BCUT2D eigenvalue weighted by Gasteiger charge is -2.53. The van der Waals surface area contributed by atoms with Crippen LogP contribution in [0.1, 0.15) is 46.5 Å². The number of carboxylic acids is 1. The molecule has 3 heteroatoms. The number of likely N-dealkylation sites (tertiary alicyclic amines) is 1. The van der Waals surface area contributed by atoms with Crippen molar-refractivity contribution >= 4 is 5.97 Å². The topological polar surface area (TPSA) is 40.5 Å². The lowest BCUT2D eigenvalue weighted by Crippen LogP contribution is -2.63. The summed E-state index contributed by atoms with van der Waals surface area (Å²) in [6.45, 7) is 8.06. The Morgan fingerprint density at radius 3 is 2.12 bits per heavy atom. The van der Waals surface area contributed by atoms with Gasteiger partial charge < -0.3 is 5.11 Å². The molecule has 1 N–H and O–H groups in total. The number of hydrogen-bond donors (Lipinski definition) is 1. The minimum atomic E-state index is -0.666. The summed E-state index contributed by atoms with van der Waals surface area (Å²) in [4.78, 5) is 13.5. The van der Waals surface area contributed by atoms with E-state index in [1.165, 1.54) is 25.7 Å². The Labute approximate surface area is 97.8 Å². The molecule has 1 saturated heterocycles. The van der Waals surface area contributed by atoms with Gasteiger partial charge in [0.2, 0.25) is 0 Å². The molecule has 0 bridgehead atoms. The first-order valence-corrected chi connectivity index (χ1v) is 6.31. The summed E-state index contributed by atoms with van der Waals surface area (Å²) >= 11 is 0. The molecule has 92 valence electrons. The van der Waals surface area contributed by atoms with Gasteiger partial charge in [0, 0.05) is 13.1 Å². The Hall–Kier alpha value is -0.570. The number of carboxylic acid groups (broad SMARTS) is 1. The molecule has 3 nitrogen and oxygen atoms in total.